The summed E-state index contributed by atoms with van der Waals surface area (Å²) in [7, 11) is 0. The Morgan fingerprint density at radius 3 is 2.24 bits per heavy atom. The highest BCUT2D eigenvalue weighted by atomic mass is 16.4. The smallest absolute Gasteiger partial charge is 0.354 e. The predicted molar refractivity (Wildman–Crippen MR) is 80.2 cm³/mol. The largest absolute Gasteiger partial charge is 0.477 e. The van der Waals surface area contributed by atoms with Crippen molar-refractivity contribution in [3.8, 4) is 0 Å². The molecule has 1 aromatic rings. The summed E-state index contributed by atoms with van der Waals surface area (Å²) in [6, 6.07) is 2.85. The molecular weight excluding hydrogens is 270 g/mol. The van der Waals surface area contributed by atoms with E-state index in [2.05, 4.69) is 36.4 Å². The van der Waals surface area contributed by atoms with E-state index in [0.717, 1.165) is 24.8 Å². The molecule has 6 nitrogen and oxygen atoms in total. The Morgan fingerprint density at radius 1 is 1.19 bits per heavy atom. The van der Waals surface area contributed by atoms with Crippen LogP contribution in [-0.4, -0.2) is 27.6 Å². The number of urea groups is 1. The molecule has 3 N–H and O–H groups in total. The maximum absolute atomic E-state index is 11.9. The molecule has 0 spiro atoms. The maximum atomic E-state index is 11.9. The molecule has 6 heteroatoms. The van der Waals surface area contributed by atoms with Crippen LogP contribution in [0.25, 0.3) is 0 Å². The molecule has 0 saturated carbocycles. The SMILES string of the molecule is CCC(CC)(CC)NC(=O)NCc1ccc(C(=O)O)nc1. The van der Waals surface area contributed by atoms with Crippen molar-refractivity contribution in [2.24, 2.45) is 0 Å². The van der Waals surface area contributed by atoms with E-state index in [1.165, 1.54) is 12.3 Å². The number of carboxylic acid groups (broad SMARTS) is 1. The van der Waals surface area contributed by atoms with Gasteiger partial charge >= 0.3 is 12.0 Å². The van der Waals surface area contributed by atoms with Crippen molar-refractivity contribution in [3.05, 3.63) is 29.6 Å². The van der Waals surface area contributed by atoms with Crippen molar-refractivity contribution < 1.29 is 14.7 Å². The molecule has 0 aliphatic carbocycles. The second-order valence-corrected chi connectivity index (χ2v) is 5.01. The molecule has 1 heterocycles. The number of hydrogen-bond acceptors (Lipinski definition) is 3. The first-order valence-electron chi connectivity index (χ1n) is 7.20. The summed E-state index contributed by atoms with van der Waals surface area (Å²) in [5.41, 5.74) is 0.575. The number of rotatable bonds is 7. The van der Waals surface area contributed by atoms with Crippen molar-refractivity contribution >= 4 is 12.0 Å². The van der Waals surface area contributed by atoms with Crippen LogP contribution in [0.3, 0.4) is 0 Å². The quantitative estimate of drug-likeness (QED) is 0.720. The van der Waals surface area contributed by atoms with Gasteiger partial charge in [-0.25, -0.2) is 14.6 Å². The molecule has 0 aromatic carbocycles. The van der Waals surface area contributed by atoms with Crippen LogP contribution in [0.1, 0.15) is 56.1 Å². The number of nitrogens with zero attached hydrogens (tertiary/aromatic N) is 1. The van der Waals surface area contributed by atoms with Gasteiger partial charge in [0.05, 0.1) is 0 Å². The fraction of sp³-hybridized carbons (Fsp3) is 0.533. The zero-order valence-electron chi connectivity index (χ0n) is 12.8. The van der Waals surface area contributed by atoms with E-state index >= 15 is 0 Å². The average Bonchev–Trinajstić information content (AvgIpc) is 2.51. The number of pyridine rings is 1. The maximum Gasteiger partial charge on any atom is 0.354 e. The summed E-state index contributed by atoms with van der Waals surface area (Å²) in [6.07, 6.45) is 4.09. The summed E-state index contributed by atoms with van der Waals surface area (Å²) < 4.78 is 0. The van der Waals surface area contributed by atoms with E-state index in [4.69, 9.17) is 5.11 Å². The first kappa shape index (κ1) is 16.9. The van der Waals surface area contributed by atoms with Gasteiger partial charge in [-0.1, -0.05) is 26.8 Å². The third kappa shape index (κ3) is 4.73. The molecule has 116 valence electrons. The number of aromatic carboxylic acids is 1. The van der Waals surface area contributed by atoms with Gasteiger partial charge in [-0.15, -0.1) is 0 Å². The highest BCUT2D eigenvalue weighted by Gasteiger charge is 2.25. The Morgan fingerprint density at radius 2 is 1.81 bits per heavy atom. The van der Waals surface area contributed by atoms with Crippen LogP contribution < -0.4 is 10.6 Å². The molecular formula is C15H23N3O3. The van der Waals surface area contributed by atoms with Crippen molar-refractivity contribution in [2.45, 2.75) is 52.1 Å². The molecule has 0 fully saturated rings. The fourth-order valence-electron chi connectivity index (χ4n) is 2.14. The lowest BCUT2D eigenvalue weighted by Crippen LogP contribution is -2.51. The van der Waals surface area contributed by atoms with Crippen molar-refractivity contribution in [3.63, 3.8) is 0 Å². The minimum absolute atomic E-state index is 0.00910. The van der Waals surface area contributed by atoms with Gasteiger partial charge in [0.25, 0.3) is 0 Å². The normalized spacial score (nSPS) is 11.0. The molecule has 1 rings (SSSR count). The molecule has 0 bridgehead atoms. The van der Waals surface area contributed by atoms with Crippen molar-refractivity contribution in [1.82, 2.24) is 15.6 Å². The Kier molecular flexibility index (Phi) is 6.14. The predicted octanol–water partition coefficient (Wildman–Crippen LogP) is 2.55. The molecule has 0 unspecified atom stereocenters. The highest BCUT2D eigenvalue weighted by Crippen LogP contribution is 2.18. The summed E-state index contributed by atoms with van der Waals surface area (Å²) in [4.78, 5) is 26.4. The van der Waals surface area contributed by atoms with E-state index in [9.17, 15) is 9.59 Å². The van der Waals surface area contributed by atoms with Crippen LogP contribution in [0.15, 0.2) is 18.3 Å². The van der Waals surface area contributed by atoms with Crippen LogP contribution in [0.5, 0.6) is 0 Å². The second kappa shape index (κ2) is 7.61. The van der Waals surface area contributed by atoms with E-state index in [1.54, 1.807) is 6.07 Å². The van der Waals surface area contributed by atoms with Gasteiger partial charge in [-0.3, -0.25) is 0 Å². The number of aromatic nitrogens is 1. The van der Waals surface area contributed by atoms with Crippen LogP contribution in [0, 0.1) is 0 Å². The lowest BCUT2D eigenvalue weighted by atomic mass is 9.90. The average molecular weight is 293 g/mol. The van der Waals surface area contributed by atoms with Gasteiger partial charge < -0.3 is 15.7 Å². The second-order valence-electron chi connectivity index (χ2n) is 5.01. The van der Waals surface area contributed by atoms with Crippen LogP contribution in [-0.2, 0) is 6.54 Å². The molecule has 0 aliphatic rings. The van der Waals surface area contributed by atoms with Crippen LogP contribution in [0.4, 0.5) is 4.79 Å². The lowest BCUT2D eigenvalue weighted by molar-refractivity contribution is 0.0690. The number of carboxylic acids is 1. The summed E-state index contributed by atoms with van der Waals surface area (Å²) in [6.45, 7) is 6.48. The highest BCUT2D eigenvalue weighted by molar-refractivity contribution is 5.85. The molecule has 1 aromatic heterocycles. The Labute approximate surface area is 125 Å². The number of amides is 2. The van der Waals surface area contributed by atoms with Crippen LogP contribution >= 0.6 is 0 Å². The molecule has 0 radical (unpaired) electrons. The summed E-state index contributed by atoms with van der Waals surface area (Å²) >= 11 is 0. The zero-order chi connectivity index (χ0) is 15.9. The topological polar surface area (TPSA) is 91.3 Å². The van der Waals surface area contributed by atoms with Crippen molar-refractivity contribution in [1.29, 1.82) is 0 Å². The number of carbonyl (C=O) groups is 2. The first-order valence-corrected chi connectivity index (χ1v) is 7.20. The minimum atomic E-state index is -1.06. The molecule has 0 saturated heterocycles. The van der Waals surface area contributed by atoms with E-state index in [-0.39, 0.29) is 17.3 Å². The van der Waals surface area contributed by atoms with Gasteiger partial charge in [0.1, 0.15) is 5.69 Å². The van der Waals surface area contributed by atoms with Crippen LogP contribution in [0.2, 0.25) is 0 Å². The Balaban J connectivity index is 2.54. The number of carbonyl (C=O) groups excluding carboxylic acids is 1. The monoisotopic (exact) mass is 293 g/mol. The lowest BCUT2D eigenvalue weighted by Gasteiger charge is -2.31. The third-order valence-corrected chi connectivity index (χ3v) is 3.91. The van der Waals surface area contributed by atoms with Gasteiger partial charge in [0.15, 0.2) is 0 Å². The van der Waals surface area contributed by atoms with Gasteiger partial charge in [-0.2, -0.15) is 0 Å². The van der Waals surface area contributed by atoms with E-state index in [1.807, 2.05) is 0 Å². The molecule has 0 atom stereocenters. The van der Waals surface area contributed by atoms with E-state index in [0.29, 0.717) is 6.54 Å². The standard InChI is InChI=1S/C15H23N3O3/c1-4-15(5-2,6-3)18-14(21)17-10-11-7-8-12(13(19)20)16-9-11/h7-9H,4-6,10H2,1-3H3,(H,19,20)(H2,17,18,21). The molecule has 0 aliphatic heterocycles. The Hall–Kier alpha value is -2.11. The minimum Gasteiger partial charge on any atom is -0.477 e. The fourth-order valence-corrected chi connectivity index (χ4v) is 2.14. The molecule has 2 amide bonds. The summed E-state index contributed by atoms with van der Waals surface area (Å²) in [5, 5.41) is 14.5. The first-order chi connectivity index (χ1) is 9.96. The zero-order valence-corrected chi connectivity index (χ0v) is 12.8. The number of hydrogen-bond donors (Lipinski definition) is 3. The summed E-state index contributed by atoms with van der Waals surface area (Å²) in [5.74, 6) is -1.06. The van der Waals surface area contributed by atoms with Crippen molar-refractivity contribution in [2.75, 3.05) is 0 Å². The Bertz CT molecular complexity index is 473. The third-order valence-electron chi connectivity index (χ3n) is 3.91. The van der Waals surface area contributed by atoms with Gasteiger partial charge in [0, 0.05) is 18.3 Å². The van der Waals surface area contributed by atoms with Gasteiger partial charge in [-0.05, 0) is 30.9 Å². The van der Waals surface area contributed by atoms with E-state index < -0.39 is 5.97 Å². The van der Waals surface area contributed by atoms with Gasteiger partial charge in [0.2, 0.25) is 0 Å². The molecule has 21 heavy (non-hydrogen) atoms. The number of nitrogens with one attached hydrogen (secondary N) is 2.